The van der Waals surface area contributed by atoms with Crippen molar-refractivity contribution in [3.63, 3.8) is 0 Å². The Morgan fingerprint density at radius 3 is 2.52 bits per heavy atom. The quantitative estimate of drug-likeness (QED) is 0.674. The van der Waals surface area contributed by atoms with E-state index in [-0.39, 0.29) is 5.91 Å². The number of hydrogen-bond donors (Lipinski definition) is 1. The predicted molar refractivity (Wildman–Crippen MR) is 123 cm³/mol. The van der Waals surface area contributed by atoms with Crippen LogP contribution in [0.4, 0.5) is 0 Å². The Hall–Kier alpha value is -0.870. The first kappa shape index (κ1) is 20.7. The average molecular weight is 427 g/mol. The third-order valence-electron chi connectivity index (χ3n) is 10.8. The zero-order valence-electron chi connectivity index (χ0n) is 19.5. The summed E-state index contributed by atoms with van der Waals surface area (Å²) in [6.07, 6.45) is 18.9. The Balaban J connectivity index is 1.21. The van der Waals surface area contributed by atoms with Gasteiger partial charge in [0.15, 0.2) is 0 Å². The van der Waals surface area contributed by atoms with Gasteiger partial charge in [0.1, 0.15) is 5.54 Å². The second-order valence-electron chi connectivity index (χ2n) is 11.7. The van der Waals surface area contributed by atoms with Gasteiger partial charge in [-0.1, -0.05) is 18.9 Å². The van der Waals surface area contributed by atoms with Gasteiger partial charge in [-0.15, -0.1) is 0 Å². The van der Waals surface area contributed by atoms with Crippen molar-refractivity contribution in [2.24, 2.45) is 35.5 Å². The number of rotatable bonds is 3. The van der Waals surface area contributed by atoms with Crippen LogP contribution < -0.4 is 5.32 Å². The van der Waals surface area contributed by atoms with Gasteiger partial charge >= 0.3 is 0 Å². The monoisotopic (exact) mass is 426 g/mol. The fraction of sp³-hybridized carbons (Fsp3) is 0.889. The molecule has 2 aliphatic heterocycles. The summed E-state index contributed by atoms with van der Waals surface area (Å²) in [4.78, 5) is 15.9. The van der Waals surface area contributed by atoms with E-state index in [2.05, 4.69) is 16.3 Å². The summed E-state index contributed by atoms with van der Waals surface area (Å²) >= 11 is 0. The van der Waals surface area contributed by atoms with Crippen molar-refractivity contribution < 1.29 is 9.53 Å². The van der Waals surface area contributed by atoms with Crippen LogP contribution in [0.1, 0.15) is 77.0 Å². The van der Waals surface area contributed by atoms with Gasteiger partial charge in [0.2, 0.25) is 5.91 Å². The van der Waals surface area contributed by atoms with E-state index in [1.165, 1.54) is 69.8 Å². The molecule has 0 aromatic heterocycles. The summed E-state index contributed by atoms with van der Waals surface area (Å²) in [6, 6.07) is 0.571. The topological polar surface area (TPSA) is 41.6 Å². The third-order valence-corrected chi connectivity index (χ3v) is 10.8. The largest absolute Gasteiger partial charge is 0.373 e. The summed E-state index contributed by atoms with van der Waals surface area (Å²) in [7, 11) is 1.81. The minimum absolute atomic E-state index is 0.201. The highest BCUT2D eigenvalue weighted by Gasteiger charge is 2.55. The lowest BCUT2D eigenvalue weighted by atomic mass is 9.53. The lowest BCUT2D eigenvalue weighted by Crippen LogP contribution is -2.61. The summed E-state index contributed by atoms with van der Waals surface area (Å²) < 4.78 is 5.71. The van der Waals surface area contributed by atoms with Crippen LogP contribution in [0.2, 0.25) is 0 Å². The highest BCUT2D eigenvalue weighted by molar-refractivity contribution is 5.90. The van der Waals surface area contributed by atoms with E-state index in [0.717, 1.165) is 54.9 Å². The van der Waals surface area contributed by atoms with E-state index in [9.17, 15) is 4.79 Å². The highest BCUT2D eigenvalue weighted by Crippen LogP contribution is 2.58. The Morgan fingerprint density at radius 2 is 1.74 bits per heavy atom. The number of likely N-dealkylation sites (N-methyl/N-ethyl adjacent to an activating group) is 1. The van der Waals surface area contributed by atoms with Crippen molar-refractivity contribution in [1.82, 2.24) is 10.2 Å². The highest BCUT2D eigenvalue weighted by atomic mass is 16.5. The molecule has 172 valence electrons. The minimum Gasteiger partial charge on any atom is -0.373 e. The Kier molecular flexibility index (Phi) is 5.46. The van der Waals surface area contributed by atoms with Gasteiger partial charge in [-0.3, -0.25) is 9.69 Å². The van der Waals surface area contributed by atoms with E-state index < -0.39 is 5.54 Å². The molecule has 4 saturated carbocycles. The normalized spacial score (nSPS) is 47.4. The SMILES string of the molecule is CNC(=O)C1(C2=CCOC2)CCCN1C1CCC2C(CCC3C4CCCC4CCC23)C1. The molecule has 1 N–H and O–H groups in total. The van der Waals surface area contributed by atoms with E-state index in [1.54, 1.807) is 0 Å². The van der Waals surface area contributed by atoms with Crippen LogP contribution in [0.15, 0.2) is 11.6 Å². The van der Waals surface area contributed by atoms with E-state index in [0.29, 0.717) is 19.3 Å². The van der Waals surface area contributed by atoms with Gasteiger partial charge in [-0.2, -0.15) is 0 Å². The Labute approximate surface area is 188 Å². The zero-order valence-corrected chi connectivity index (χ0v) is 19.5. The van der Waals surface area contributed by atoms with Crippen molar-refractivity contribution in [2.45, 2.75) is 88.6 Å². The lowest BCUT2D eigenvalue weighted by molar-refractivity contribution is -0.132. The third kappa shape index (κ3) is 3.18. The van der Waals surface area contributed by atoms with Gasteiger partial charge in [0.05, 0.1) is 13.2 Å². The lowest BCUT2D eigenvalue weighted by Gasteiger charge is -2.54. The molecule has 6 rings (SSSR count). The number of hydrogen-bond acceptors (Lipinski definition) is 3. The maximum atomic E-state index is 13.3. The maximum Gasteiger partial charge on any atom is 0.244 e. The molecule has 0 radical (unpaired) electrons. The molecule has 2 heterocycles. The molecule has 4 heteroatoms. The zero-order chi connectivity index (χ0) is 21.0. The van der Waals surface area contributed by atoms with Crippen molar-refractivity contribution in [3.8, 4) is 0 Å². The first-order valence-electron chi connectivity index (χ1n) is 13.5. The van der Waals surface area contributed by atoms with Crippen LogP contribution in [0, 0.1) is 35.5 Å². The van der Waals surface area contributed by atoms with E-state index in [4.69, 9.17) is 4.74 Å². The van der Waals surface area contributed by atoms with Gasteiger partial charge < -0.3 is 10.1 Å². The molecular weight excluding hydrogens is 384 g/mol. The Morgan fingerprint density at radius 1 is 0.968 bits per heavy atom. The number of carbonyl (C=O) groups excluding carboxylic acids is 1. The fourth-order valence-corrected chi connectivity index (χ4v) is 9.68. The number of nitrogens with zero attached hydrogens (tertiary/aromatic N) is 1. The molecule has 1 saturated heterocycles. The van der Waals surface area contributed by atoms with E-state index >= 15 is 0 Å². The van der Waals surface area contributed by atoms with Crippen molar-refractivity contribution in [1.29, 1.82) is 0 Å². The summed E-state index contributed by atoms with van der Waals surface area (Å²) in [5, 5.41) is 3.03. The number of ether oxygens (including phenoxy) is 1. The molecule has 1 amide bonds. The van der Waals surface area contributed by atoms with Gasteiger partial charge in [-0.05, 0) is 112 Å². The van der Waals surface area contributed by atoms with Crippen LogP contribution in [0.3, 0.4) is 0 Å². The number of likely N-dealkylation sites (tertiary alicyclic amines) is 1. The second kappa shape index (κ2) is 8.17. The molecule has 0 aromatic rings. The molecular formula is C27H42N2O2. The van der Waals surface area contributed by atoms with Crippen LogP contribution >= 0.6 is 0 Å². The van der Waals surface area contributed by atoms with Gasteiger partial charge in [0.25, 0.3) is 0 Å². The first-order valence-corrected chi connectivity index (χ1v) is 13.5. The second-order valence-corrected chi connectivity index (χ2v) is 11.7. The number of fused-ring (bicyclic) bond motifs is 5. The average Bonchev–Trinajstić information content (AvgIpc) is 3.57. The minimum atomic E-state index is -0.443. The van der Waals surface area contributed by atoms with Crippen LogP contribution in [0.5, 0.6) is 0 Å². The molecule has 4 nitrogen and oxygen atoms in total. The number of nitrogens with one attached hydrogen (secondary N) is 1. The Bertz CT molecular complexity index is 735. The number of carbonyl (C=O) groups is 1. The molecule has 4 aliphatic carbocycles. The molecule has 8 atom stereocenters. The summed E-state index contributed by atoms with van der Waals surface area (Å²) in [5.74, 6) is 6.30. The smallest absolute Gasteiger partial charge is 0.244 e. The van der Waals surface area contributed by atoms with Crippen LogP contribution in [0.25, 0.3) is 0 Å². The van der Waals surface area contributed by atoms with Crippen LogP contribution in [-0.2, 0) is 9.53 Å². The molecule has 0 aromatic carbocycles. The molecule has 8 unspecified atom stereocenters. The molecule has 5 fully saturated rings. The molecule has 0 bridgehead atoms. The number of amides is 1. The van der Waals surface area contributed by atoms with E-state index in [1.807, 2.05) is 7.05 Å². The van der Waals surface area contributed by atoms with Crippen molar-refractivity contribution >= 4 is 5.91 Å². The molecule has 0 spiro atoms. The summed E-state index contributed by atoms with van der Waals surface area (Å²) in [5.41, 5.74) is 0.789. The van der Waals surface area contributed by atoms with Gasteiger partial charge in [0, 0.05) is 13.1 Å². The maximum absolute atomic E-state index is 13.3. The predicted octanol–water partition coefficient (Wildman–Crippen LogP) is 4.54. The van der Waals surface area contributed by atoms with Gasteiger partial charge in [-0.25, -0.2) is 0 Å². The fourth-order valence-electron chi connectivity index (χ4n) is 9.68. The van der Waals surface area contributed by atoms with Crippen molar-refractivity contribution in [2.75, 3.05) is 26.8 Å². The van der Waals surface area contributed by atoms with Crippen LogP contribution in [-0.4, -0.2) is 49.2 Å². The molecule has 31 heavy (non-hydrogen) atoms. The molecule has 6 aliphatic rings. The summed E-state index contributed by atoms with van der Waals surface area (Å²) in [6.45, 7) is 2.38. The standard InChI is InChI=1S/C27H42N2O2/c1-28-26(30)27(20-12-15-31-17-20)13-3-14-29(27)21-8-11-23-19(16-21)7-10-24-22-5-2-4-18(22)6-9-25(23)24/h12,18-19,21-25H,2-11,13-17H2,1H3,(H,28,30). The van der Waals surface area contributed by atoms with Crippen molar-refractivity contribution in [3.05, 3.63) is 11.6 Å². The first-order chi connectivity index (χ1) is 15.2.